The van der Waals surface area contributed by atoms with Gasteiger partial charge in [0.2, 0.25) is 26.0 Å². The fourth-order valence-corrected chi connectivity index (χ4v) is 15.2. The first kappa shape index (κ1) is 60.9. The molecule has 0 radical (unpaired) electrons. The number of hydrogen-bond donors (Lipinski definition) is 5. The Hall–Kier alpha value is -6.64. The Morgan fingerprint density at radius 2 is 0.867 bits per heavy atom. The minimum atomic E-state index is -3.31. The minimum absolute atomic E-state index is 0.0525. The topological polar surface area (TPSA) is 230 Å². The average Bonchev–Trinajstić information content (AvgIpc) is 4.48. The lowest BCUT2D eigenvalue weighted by Gasteiger charge is -2.47. The van der Waals surface area contributed by atoms with E-state index in [4.69, 9.17) is 4.74 Å². The Labute approximate surface area is 488 Å². The first-order chi connectivity index (χ1) is 39.7. The highest BCUT2D eigenvalue weighted by molar-refractivity contribution is 7.89. The van der Waals surface area contributed by atoms with Crippen molar-refractivity contribution in [1.29, 1.82) is 0 Å². The molecule has 0 aliphatic carbocycles. The molecule has 0 saturated carbocycles. The number of nitrogens with zero attached hydrogens (tertiary/aromatic N) is 8. The Morgan fingerprint density at radius 1 is 0.518 bits per heavy atom. The first-order valence-corrected chi connectivity index (χ1v) is 32.9. The van der Waals surface area contributed by atoms with Crippen LogP contribution in [-0.2, 0) is 39.8 Å². The van der Waals surface area contributed by atoms with Gasteiger partial charge in [-0.1, -0.05) is 24.3 Å². The molecular formula is C59H81N13O8S3. The molecule has 83 heavy (non-hydrogen) atoms. The van der Waals surface area contributed by atoms with Crippen LogP contribution in [-0.4, -0.2) is 204 Å². The van der Waals surface area contributed by atoms with Gasteiger partial charge in [0.1, 0.15) is 0 Å². The lowest BCUT2D eigenvalue weighted by molar-refractivity contribution is -0.134. The third-order valence-electron chi connectivity index (χ3n) is 16.1. The van der Waals surface area contributed by atoms with Crippen molar-refractivity contribution in [2.45, 2.75) is 45.4 Å². The molecule has 21 nitrogen and oxygen atoms in total. The second kappa shape index (κ2) is 26.1. The number of aromatic nitrogens is 4. The van der Waals surface area contributed by atoms with Crippen LogP contribution in [0.15, 0.2) is 122 Å². The van der Waals surface area contributed by atoms with E-state index in [-0.39, 0.29) is 29.1 Å². The molecule has 24 heteroatoms. The summed E-state index contributed by atoms with van der Waals surface area (Å²) in [7, 11) is -6.69. The zero-order chi connectivity index (χ0) is 59.1. The van der Waals surface area contributed by atoms with Gasteiger partial charge in [0.15, 0.2) is 0 Å². The summed E-state index contributed by atoms with van der Waals surface area (Å²) >= 11 is 0. The highest BCUT2D eigenvalue weighted by atomic mass is 32.2. The number of piperazine rings is 4. The van der Waals surface area contributed by atoms with Gasteiger partial charge in [0.25, 0.3) is 10.2 Å². The smallest absolute Gasteiger partial charge is 0.279 e. The fourth-order valence-electron chi connectivity index (χ4n) is 11.6. The van der Waals surface area contributed by atoms with Crippen LogP contribution in [0.2, 0.25) is 0 Å². The van der Waals surface area contributed by atoms with Gasteiger partial charge in [-0.05, 0) is 100 Å². The zero-order valence-electron chi connectivity index (χ0n) is 48.7. The second-order valence-electron chi connectivity index (χ2n) is 22.0. The van der Waals surface area contributed by atoms with Crippen molar-refractivity contribution in [3.05, 3.63) is 122 Å². The lowest BCUT2D eigenvalue weighted by Crippen LogP contribution is -2.60. The summed E-state index contributed by atoms with van der Waals surface area (Å²) in [6, 6.07) is 33.1. The monoisotopic (exact) mass is 1200 g/mol. The molecule has 4 aromatic heterocycles. The number of benzene rings is 4. The van der Waals surface area contributed by atoms with Gasteiger partial charge >= 0.3 is 0 Å². The maximum Gasteiger partial charge on any atom is 0.279 e. The van der Waals surface area contributed by atoms with E-state index in [9.17, 15) is 30.0 Å². The summed E-state index contributed by atoms with van der Waals surface area (Å²) in [5, 5.41) is 4.45. The molecule has 12 rings (SSSR count). The Balaban J connectivity index is 0.000000133. The predicted octanol–water partition coefficient (Wildman–Crippen LogP) is 6.66. The number of sulfonamides is 2. The normalized spacial score (nSPS) is 17.8. The molecule has 1 amide bonds. The van der Waals surface area contributed by atoms with E-state index in [1.807, 2.05) is 60.0 Å². The average molecular weight is 1200 g/mol. The predicted molar refractivity (Wildman–Crippen MR) is 336 cm³/mol. The molecule has 4 aliphatic heterocycles. The molecular weight excluding hydrogens is 1110 g/mol. The van der Waals surface area contributed by atoms with Gasteiger partial charge in [-0.2, -0.15) is 21.3 Å². The Morgan fingerprint density at radius 3 is 1.20 bits per heavy atom. The van der Waals surface area contributed by atoms with Crippen molar-refractivity contribution in [1.82, 2.24) is 42.5 Å². The van der Waals surface area contributed by atoms with E-state index < -0.39 is 30.3 Å². The van der Waals surface area contributed by atoms with Gasteiger partial charge in [0.05, 0.1) is 23.1 Å². The maximum absolute atomic E-state index is 12.2. The number of carbonyl (C=O) groups excluding carboxylic acids is 1. The molecule has 0 spiro atoms. The van der Waals surface area contributed by atoms with Crippen LogP contribution >= 0.6 is 0 Å². The molecule has 4 saturated heterocycles. The minimum Gasteiger partial charge on any atom is -0.384 e. The van der Waals surface area contributed by atoms with Gasteiger partial charge in [-0.15, -0.1) is 0 Å². The highest BCUT2D eigenvalue weighted by Gasteiger charge is 2.36. The molecule has 4 aliphatic rings. The molecule has 0 bridgehead atoms. The number of hydrogen-bond acceptors (Lipinski definition) is 12. The molecule has 5 N–H and O–H groups in total. The van der Waals surface area contributed by atoms with Crippen molar-refractivity contribution in [3.8, 4) is 0 Å². The summed E-state index contributed by atoms with van der Waals surface area (Å²) in [6.07, 6.45) is 7.77. The number of carbonyl (C=O) groups is 1. The zero-order valence-corrected chi connectivity index (χ0v) is 51.2. The summed E-state index contributed by atoms with van der Waals surface area (Å²) in [5.74, 6) is 0.214. The largest absolute Gasteiger partial charge is 0.384 e. The third kappa shape index (κ3) is 13.8. The van der Waals surface area contributed by atoms with Crippen LogP contribution < -0.4 is 24.3 Å². The number of fused-ring (bicyclic) bond motifs is 4. The van der Waals surface area contributed by atoms with Crippen LogP contribution in [0.5, 0.6) is 0 Å². The summed E-state index contributed by atoms with van der Waals surface area (Å²) in [5.41, 5.74) is 9.09. The van der Waals surface area contributed by atoms with Crippen LogP contribution in [0.4, 0.5) is 22.7 Å². The van der Waals surface area contributed by atoms with Crippen LogP contribution in [0.3, 0.4) is 0 Å². The number of anilines is 4. The van der Waals surface area contributed by atoms with Crippen LogP contribution in [0.1, 0.15) is 34.6 Å². The van der Waals surface area contributed by atoms with Gasteiger partial charge in [0, 0.05) is 210 Å². The molecule has 0 atom stereocenters. The number of aromatic amines is 4. The Bertz CT molecular complexity index is 3800. The number of rotatable bonds is 12. The maximum atomic E-state index is 12.2. The molecule has 4 fully saturated rings. The molecule has 8 aromatic rings. The Kier molecular flexibility index (Phi) is 19.2. The van der Waals surface area contributed by atoms with Crippen molar-refractivity contribution in [2.75, 3.05) is 144 Å². The fraction of sp³-hybridized carbons (Fsp3) is 0.441. The number of ether oxygens (including phenoxy) is 1. The summed E-state index contributed by atoms with van der Waals surface area (Å²) in [6.45, 7) is 19.6. The van der Waals surface area contributed by atoms with Gasteiger partial charge < -0.3 is 49.2 Å². The lowest BCUT2D eigenvalue weighted by atomic mass is 9.97. The van der Waals surface area contributed by atoms with Crippen molar-refractivity contribution in [3.63, 3.8) is 0 Å². The number of amides is 1. The van der Waals surface area contributed by atoms with Crippen molar-refractivity contribution < 1.29 is 34.8 Å². The van der Waals surface area contributed by atoms with E-state index in [1.54, 1.807) is 29.4 Å². The number of H-pyrrole nitrogens is 4. The van der Waals surface area contributed by atoms with Gasteiger partial charge in [-0.25, -0.2) is 21.6 Å². The molecule has 0 unspecified atom stereocenters. The molecule has 4 aromatic carbocycles. The quantitative estimate of drug-likeness (QED) is 0.0865. The van der Waals surface area contributed by atoms with Gasteiger partial charge in [-0.3, -0.25) is 4.79 Å². The van der Waals surface area contributed by atoms with Crippen LogP contribution in [0.25, 0.3) is 43.6 Å². The van der Waals surface area contributed by atoms with Crippen molar-refractivity contribution in [2.24, 2.45) is 0 Å². The van der Waals surface area contributed by atoms with E-state index in [0.29, 0.717) is 65.4 Å². The van der Waals surface area contributed by atoms with E-state index in [2.05, 4.69) is 125 Å². The highest BCUT2D eigenvalue weighted by Crippen LogP contribution is 2.33. The van der Waals surface area contributed by atoms with E-state index >= 15 is 0 Å². The van der Waals surface area contributed by atoms with Crippen molar-refractivity contribution >= 4 is 103 Å². The molecule has 448 valence electrons. The number of methoxy groups -OCH3 is 1. The third-order valence-corrected chi connectivity index (χ3v) is 21.8. The molecule has 8 heterocycles. The standard InChI is InChI=1S/C16H21N3O.C15H21N3O3S.C15H21N3O2S.C13H18N4O2S/c1-12(20)19-10-9-18(11-16(19,2)3)15-6-4-5-14-13(15)7-8-17-14;1-21-11-12-22(19,20)18-9-7-17(8-10-18)15-4-2-3-14-13(15)5-6-16-14;1-12(2)21(19,20)18-10-8-17(9-11-18)15-5-3-4-14-13(15)6-7-16-14;1-14-20(18,19)17-9-7-16(8-10-17)13-4-2-3-12-11(13)5-6-15-12/h4-8,17H,9-11H2,1-3H3;2-6,16H,7-12H2,1H3;3-7,12,16H,8-11H2,1-2H3;2-6,14-15H,7-10H2,1H3. The van der Waals surface area contributed by atoms with E-state index in [1.165, 1.54) is 51.4 Å². The van der Waals surface area contributed by atoms with E-state index in [0.717, 1.165) is 66.2 Å². The van der Waals surface area contributed by atoms with Crippen LogP contribution in [0, 0.1) is 0 Å². The second-order valence-corrected chi connectivity index (χ2v) is 28.5. The summed E-state index contributed by atoms with van der Waals surface area (Å²) < 4.78 is 84.2. The number of nitrogens with one attached hydrogen (secondary N) is 5. The first-order valence-electron chi connectivity index (χ1n) is 28.4. The SMILES string of the molecule is CC(=O)N1CCN(c2cccc3[nH]ccc23)CC1(C)C.CC(C)S(=O)(=O)N1CCN(c2cccc3[nH]ccc23)CC1.CNS(=O)(=O)N1CCN(c2cccc3[nH]ccc23)CC1.COCCS(=O)(=O)N1CCN(c2cccc3[nH]ccc23)CC1. The summed E-state index contributed by atoms with van der Waals surface area (Å²) in [4.78, 5) is 35.7.